The van der Waals surface area contributed by atoms with E-state index in [1.807, 2.05) is 36.9 Å². The largest absolute Gasteiger partial charge is 0.497 e. The van der Waals surface area contributed by atoms with E-state index >= 15 is 0 Å². The molecule has 0 bridgehead atoms. The predicted octanol–water partition coefficient (Wildman–Crippen LogP) is 1.53. The molecule has 0 spiro atoms. The highest BCUT2D eigenvalue weighted by Crippen LogP contribution is 2.20. The summed E-state index contributed by atoms with van der Waals surface area (Å²) in [7, 11) is 3.55. The Hall–Kier alpha value is -1.71. The average molecular weight is 220 g/mol. The van der Waals surface area contributed by atoms with Gasteiger partial charge in [-0.3, -0.25) is 9.48 Å². The van der Waals surface area contributed by atoms with Gasteiger partial charge < -0.3 is 4.74 Å². The van der Waals surface area contributed by atoms with Crippen molar-refractivity contribution >= 4 is 0 Å². The van der Waals surface area contributed by atoms with Crippen LogP contribution in [0.25, 0.3) is 0 Å². The summed E-state index contributed by atoms with van der Waals surface area (Å²) in [4.78, 5) is 11.8. The Morgan fingerprint density at radius 2 is 2.25 bits per heavy atom. The van der Waals surface area contributed by atoms with Gasteiger partial charge in [0.05, 0.1) is 13.2 Å². The third-order valence-electron chi connectivity index (χ3n) is 2.98. The van der Waals surface area contributed by atoms with Crippen LogP contribution in [0, 0.1) is 6.92 Å². The van der Waals surface area contributed by atoms with Gasteiger partial charge in [0.2, 0.25) is 0 Å². The molecule has 16 heavy (non-hydrogen) atoms. The van der Waals surface area contributed by atoms with Gasteiger partial charge >= 0.3 is 0 Å². The van der Waals surface area contributed by atoms with E-state index in [2.05, 4.69) is 0 Å². The van der Waals surface area contributed by atoms with Crippen LogP contribution in [0.2, 0.25) is 0 Å². The molecule has 1 aromatic rings. The van der Waals surface area contributed by atoms with Crippen LogP contribution in [-0.4, -0.2) is 16.5 Å². The molecule has 4 nitrogen and oxygen atoms in total. The van der Waals surface area contributed by atoms with Crippen LogP contribution in [-0.2, 0) is 11.8 Å². The number of hydrogen-bond donors (Lipinski definition) is 0. The number of methoxy groups -OCH3 is 1. The third-order valence-corrected chi connectivity index (χ3v) is 2.98. The summed E-state index contributed by atoms with van der Waals surface area (Å²) in [5, 5.41) is 0. The molecule has 0 N–H and O–H groups in total. The number of aromatic nitrogens is 2. The highest BCUT2D eigenvalue weighted by Gasteiger charge is 2.15. The van der Waals surface area contributed by atoms with E-state index in [9.17, 15) is 4.79 Å². The average Bonchev–Trinajstić information content (AvgIpc) is 2.54. The van der Waals surface area contributed by atoms with Crippen molar-refractivity contribution in [1.82, 2.24) is 9.36 Å². The van der Waals surface area contributed by atoms with Crippen molar-refractivity contribution < 1.29 is 4.74 Å². The van der Waals surface area contributed by atoms with E-state index in [0.717, 1.165) is 17.9 Å². The Morgan fingerprint density at radius 3 is 2.69 bits per heavy atom. The first-order valence-electron chi connectivity index (χ1n) is 5.31. The fourth-order valence-corrected chi connectivity index (χ4v) is 1.96. The zero-order chi connectivity index (χ0) is 11.7. The van der Waals surface area contributed by atoms with Crippen LogP contribution in [0.15, 0.2) is 34.8 Å². The molecule has 0 saturated heterocycles. The molecule has 1 aliphatic rings. The van der Waals surface area contributed by atoms with Crippen molar-refractivity contribution in [2.75, 3.05) is 7.11 Å². The quantitative estimate of drug-likeness (QED) is 0.757. The van der Waals surface area contributed by atoms with Gasteiger partial charge in [0.1, 0.15) is 5.76 Å². The van der Waals surface area contributed by atoms with Gasteiger partial charge in [-0.1, -0.05) is 6.08 Å². The Balaban J connectivity index is 2.32. The van der Waals surface area contributed by atoms with Crippen LogP contribution in [0.4, 0.5) is 0 Å². The van der Waals surface area contributed by atoms with Gasteiger partial charge in [-0.25, -0.2) is 4.68 Å². The van der Waals surface area contributed by atoms with Gasteiger partial charge in [0, 0.05) is 18.8 Å². The lowest BCUT2D eigenvalue weighted by Gasteiger charge is -2.19. The predicted molar refractivity (Wildman–Crippen MR) is 62.3 cm³/mol. The number of allylic oxidation sites excluding steroid dienone is 3. The summed E-state index contributed by atoms with van der Waals surface area (Å²) in [5.41, 5.74) is 1.02. The Bertz CT molecular complexity index is 506. The van der Waals surface area contributed by atoms with E-state index in [0.29, 0.717) is 0 Å². The molecular weight excluding hydrogens is 204 g/mol. The van der Waals surface area contributed by atoms with Crippen LogP contribution in [0.5, 0.6) is 0 Å². The molecule has 1 aromatic heterocycles. The van der Waals surface area contributed by atoms with Gasteiger partial charge in [-0.15, -0.1) is 0 Å². The molecule has 1 aliphatic carbocycles. The van der Waals surface area contributed by atoms with E-state index < -0.39 is 0 Å². The molecule has 0 radical (unpaired) electrons. The number of nitrogens with zero attached hydrogens (tertiary/aromatic N) is 2. The SMILES string of the molecule is COC1=CCC(n2c(=O)cc(C)n2C)C=C1. The van der Waals surface area contributed by atoms with Crippen LogP contribution >= 0.6 is 0 Å². The minimum Gasteiger partial charge on any atom is -0.497 e. The smallest absolute Gasteiger partial charge is 0.267 e. The molecule has 1 atom stereocenters. The molecule has 0 fully saturated rings. The van der Waals surface area contributed by atoms with E-state index in [4.69, 9.17) is 4.74 Å². The molecule has 0 aromatic carbocycles. The number of aryl methyl sites for hydroxylation is 1. The lowest BCUT2D eigenvalue weighted by Crippen LogP contribution is -2.26. The van der Waals surface area contributed by atoms with E-state index in [1.165, 1.54) is 0 Å². The lowest BCUT2D eigenvalue weighted by molar-refractivity contribution is 0.299. The molecule has 0 saturated carbocycles. The zero-order valence-electron chi connectivity index (χ0n) is 9.80. The Kier molecular flexibility index (Phi) is 2.73. The molecule has 1 unspecified atom stereocenters. The van der Waals surface area contributed by atoms with Gasteiger partial charge in [0.15, 0.2) is 0 Å². The summed E-state index contributed by atoms with van der Waals surface area (Å²) < 4.78 is 8.77. The first-order chi connectivity index (χ1) is 7.63. The topological polar surface area (TPSA) is 36.2 Å². The number of ether oxygens (including phenoxy) is 1. The standard InChI is InChI=1S/C12H16N2O2/c1-9-8-12(15)14(13(9)2)10-4-6-11(16-3)7-5-10/h4,6-8,10H,5H2,1-3H3. The van der Waals surface area contributed by atoms with E-state index in [-0.39, 0.29) is 11.6 Å². The summed E-state index contributed by atoms with van der Waals surface area (Å²) in [6.45, 7) is 1.93. The van der Waals surface area contributed by atoms with Gasteiger partial charge in [-0.2, -0.15) is 0 Å². The normalized spacial score (nSPS) is 19.7. The first kappa shape index (κ1) is 10.8. The van der Waals surface area contributed by atoms with Crippen molar-refractivity contribution in [3.63, 3.8) is 0 Å². The number of hydrogen-bond acceptors (Lipinski definition) is 2. The second kappa shape index (κ2) is 4.04. The van der Waals surface area contributed by atoms with Gasteiger partial charge in [0.25, 0.3) is 5.56 Å². The maximum absolute atomic E-state index is 11.8. The minimum absolute atomic E-state index is 0.0453. The molecule has 2 rings (SSSR count). The van der Waals surface area contributed by atoms with Crippen molar-refractivity contribution in [3.8, 4) is 0 Å². The zero-order valence-corrected chi connectivity index (χ0v) is 9.80. The molecule has 0 aliphatic heterocycles. The van der Waals surface area contributed by atoms with Gasteiger partial charge in [-0.05, 0) is 25.5 Å². The van der Waals surface area contributed by atoms with Crippen molar-refractivity contribution in [2.24, 2.45) is 7.05 Å². The highest BCUT2D eigenvalue weighted by atomic mass is 16.5. The molecule has 4 heteroatoms. The second-order valence-electron chi connectivity index (χ2n) is 3.96. The van der Waals surface area contributed by atoms with Crippen molar-refractivity contribution in [3.05, 3.63) is 46.1 Å². The molecule has 86 valence electrons. The van der Waals surface area contributed by atoms with Crippen LogP contribution < -0.4 is 5.56 Å². The maximum atomic E-state index is 11.8. The van der Waals surface area contributed by atoms with Crippen molar-refractivity contribution in [2.45, 2.75) is 19.4 Å². The second-order valence-corrected chi connectivity index (χ2v) is 3.96. The molecule has 0 amide bonds. The third kappa shape index (κ3) is 1.71. The Morgan fingerprint density at radius 1 is 1.50 bits per heavy atom. The van der Waals surface area contributed by atoms with Crippen molar-refractivity contribution in [1.29, 1.82) is 0 Å². The summed E-state index contributed by atoms with van der Waals surface area (Å²) in [6, 6.07) is 1.74. The highest BCUT2D eigenvalue weighted by molar-refractivity contribution is 5.19. The summed E-state index contributed by atoms with van der Waals surface area (Å²) in [6.07, 6.45) is 6.69. The summed E-state index contributed by atoms with van der Waals surface area (Å²) >= 11 is 0. The fourth-order valence-electron chi connectivity index (χ4n) is 1.96. The summed E-state index contributed by atoms with van der Waals surface area (Å²) in [5.74, 6) is 0.857. The fraction of sp³-hybridized carbons (Fsp3) is 0.417. The maximum Gasteiger partial charge on any atom is 0.267 e. The minimum atomic E-state index is 0.0453. The molecular formula is C12H16N2O2. The monoisotopic (exact) mass is 220 g/mol. The van der Waals surface area contributed by atoms with E-state index in [1.54, 1.807) is 17.9 Å². The number of rotatable bonds is 2. The first-order valence-corrected chi connectivity index (χ1v) is 5.31. The molecule has 1 heterocycles. The van der Waals surface area contributed by atoms with Crippen LogP contribution in [0.3, 0.4) is 0 Å². The van der Waals surface area contributed by atoms with Crippen LogP contribution in [0.1, 0.15) is 18.2 Å². The Labute approximate surface area is 94.4 Å². The lowest BCUT2D eigenvalue weighted by atomic mass is 10.1.